The highest BCUT2D eigenvalue weighted by molar-refractivity contribution is 5.65. The Morgan fingerprint density at radius 1 is 1.06 bits per heavy atom. The summed E-state index contributed by atoms with van der Waals surface area (Å²) in [7, 11) is 1.65. The fraction of sp³-hybridized carbons (Fsp3) is 0.500. The molecule has 3 fully saturated rings. The van der Waals surface area contributed by atoms with Gasteiger partial charge in [0.15, 0.2) is 5.82 Å². The van der Waals surface area contributed by atoms with Crippen LogP contribution in [0.5, 0.6) is 0 Å². The number of hydrogen-bond acceptors (Lipinski definition) is 9. The van der Waals surface area contributed by atoms with Crippen molar-refractivity contribution in [3.05, 3.63) is 48.2 Å². The molecule has 1 saturated carbocycles. The van der Waals surface area contributed by atoms with Crippen LogP contribution in [0.25, 0.3) is 5.82 Å². The van der Waals surface area contributed by atoms with Gasteiger partial charge in [0.05, 0.1) is 31.6 Å². The van der Waals surface area contributed by atoms with Crippen molar-refractivity contribution in [2.75, 3.05) is 56.7 Å². The molecule has 34 heavy (non-hydrogen) atoms. The van der Waals surface area contributed by atoms with Crippen LogP contribution in [0.15, 0.2) is 36.9 Å². The summed E-state index contributed by atoms with van der Waals surface area (Å²) in [4.78, 5) is 18.0. The van der Waals surface area contributed by atoms with Gasteiger partial charge in [-0.05, 0) is 42.5 Å². The minimum absolute atomic E-state index is 0. The van der Waals surface area contributed by atoms with Crippen LogP contribution < -0.4 is 10.2 Å². The van der Waals surface area contributed by atoms with E-state index in [9.17, 15) is 0 Å². The van der Waals surface area contributed by atoms with Crippen LogP contribution in [-0.2, 0) is 16.1 Å². The zero-order chi connectivity index (χ0) is 22.9. The van der Waals surface area contributed by atoms with E-state index in [1.807, 2.05) is 6.07 Å². The van der Waals surface area contributed by atoms with E-state index in [-0.39, 0.29) is 1.43 Å². The van der Waals surface area contributed by atoms with Gasteiger partial charge >= 0.3 is 0 Å². The molecule has 4 heterocycles. The fourth-order valence-corrected chi connectivity index (χ4v) is 4.62. The average molecular weight is 465 g/mol. The van der Waals surface area contributed by atoms with Crippen molar-refractivity contribution in [3.63, 3.8) is 0 Å². The summed E-state index contributed by atoms with van der Waals surface area (Å²) in [6, 6.07) is 9.29. The maximum atomic E-state index is 5.38. The Morgan fingerprint density at radius 2 is 1.91 bits per heavy atom. The van der Waals surface area contributed by atoms with Gasteiger partial charge < -0.3 is 19.7 Å². The lowest BCUT2D eigenvalue weighted by Crippen LogP contribution is -2.56. The summed E-state index contributed by atoms with van der Waals surface area (Å²) in [6.45, 7) is 6.43. The van der Waals surface area contributed by atoms with E-state index in [0.717, 1.165) is 50.8 Å². The third-order valence-electron chi connectivity index (χ3n) is 6.79. The molecule has 6 rings (SSSR count). The molecule has 0 spiro atoms. The third kappa shape index (κ3) is 4.61. The van der Waals surface area contributed by atoms with Crippen LogP contribution in [0.3, 0.4) is 0 Å². The number of rotatable bonds is 8. The number of piperazine rings is 1. The molecule has 3 aromatic rings. The normalized spacial score (nSPS) is 19.3. The first kappa shape index (κ1) is 21.5. The van der Waals surface area contributed by atoms with Crippen molar-refractivity contribution < 1.29 is 10.9 Å². The minimum atomic E-state index is 0. The van der Waals surface area contributed by atoms with Gasteiger partial charge in [-0.3, -0.25) is 4.90 Å². The van der Waals surface area contributed by atoms with E-state index in [0.29, 0.717) is 30.3 Å². The maximum absolute atomic E-state index is 5.38. The summed E-state index contributed by atoms with van der Waals surface area (Å²) in [5.41, 5.74) is 4.49. The van der Waals surface area contributed by atoms with E-state index >= 15 is 0 Å². The number of methoxy groups -OCH3 is 1. The molecule has 0 radical (unpaired) electrons. The molecule has 1 aromatic carbocycles. The Morgan fingerprint density at radius 3 is 2.65 bits per heavy atom. The number of ether oxygens (including phenoxy) is 2. The monoisotopic (exact) mass is 464 g/mol. The Kier molecular flexibility index (Phi) is 5.86. The van der Waals surface area contributed by atoms with Crippen molar-refractivity contribution >= 4 is 17.3 Å². The number of nitrogens with zero attached hydrogens (tertiary/aromatic N) is 7. The largest absolute Gasteiger partial charge is 0.378 e. The first-order valence-electron chi connectivity index (χ1n) is 12.0. The summed E-state index contributed by atoms with van der Waals surface area (Å²) in [5.74, 6) is 1.87. The van der Waals surface area contributed by atoms with Gasteiger partial charge in [-0.15, -0.1) is 5.10 Å². The second kappa shape index (κ2) is 9.28. The van der Waals surface area contributed by atoms with E-state index in [4.69, 9.17) is 9.47 Å². The lowest BCUT2D eigenvalue weighted by Gasteiger charge is -2.43. The highest BCUT2D eigenvalue weighted by Crippen LogP contribution is 2.42. The molecule has 2 aliphatic heterocycles. The second-order valence-electron chi connectivity index (χ2n) is 9.24. The Bertz CT molecular complexity index is 1140. The van der Waals surface area contributed by atoms with E-state index in [1.165, 1.54) is 30.4 Å². The zero-order valence-corrected chi connectivity index (χ0v) is 19.4. The van der Waals surface area contributed by atoms with Crippen LogP contribution in [-0.4, -0.2) is 82.2 Å². The van der Waals surface area contributed by atoms with Crippen molar-refractivity contribution in [3.8, 4) is 5.82 Å². The smallest absolute Gasteiger partial charge is 0.247 e. The molecule has 0 unspecified atom stereocenters. The van der Waals surface area contributed by atoms with E-state index in [2.05, 4.69) is 53.4 Å². The maximum Gasteiger partial charge on any atom is 0.247 e. The Hall–Kier alpha value is -3.08. The molecular weight excluding hydrogens is 432 g/mol. The molecule has 3 aliphatic rings. The van der Waals surface area contributed by atoms with Gasteiger partial charge in [-0.25, -0.2) is 14.6 Å². The van der Waals surface area contributed by atoms with Crippen molar-refractivity contribution in [2.24, 2.45) is 0 Å². The molecule has 10 heteroatoms. The van der Waals surface area contributed by atoms with Crippen molar-refractivity contribution in [2.45, 2.75) is 31.4 Å². The zero-order valence-electron chi connectivity index (χ0n) is 19.4. The molecule has 1 aliphatic carbocycles. The van der Waals surface area contributed by atoms with Gasteiger partial charge in [0.1, 0.15) is 12.7 Å². The third-order valence-corrected chi connectivity index (χ3v) is 6.79. The second-order valence-corrected chi connectivity index (χ2v) is 9.24. The molecule has 2 aromatic heterocycles. The van der Waals surface area contributed by atoms with Crippen LogP contribution in [0.2, 0.25) is 0 Å². The molecule has 1 N–H and O–H groups in total. The van der Waals surface area contributed by atoms with Crippen LogP contribution in [0, 0.1) is 0 Å². The number of anilines is 3. The first-order chi connectivity index (χ1) is 16.7. The van der Waals surface area contributed by atoms with Crippen LogP contribution in [0.1, 0.15) is 31.4 Å². The quantitative estimate of drug-likeness (QED) is 0.540. The summed E-state index contributed by atoms with van der Waals surface area (Å²) in [5, 5.41) is 8.00. The van der Waals surface area contributed by atoms with Crippen molar-refractivity contribution in [1.82, 2.24) is 29.6 Å². The summed E-state index contributed by atoms with van der Waals surface area (Å²) in [6.07, 6.45) is 5.71. The molecule has 10 nitrogen and oxygen atoms in total. The van der Waals surface area contributed by atoms with E-state index in [1.54, 1.807) is 18.1 Å². The predicted octanol–water partition coefficient (Wildman–Crippen LogP) is 2.59. The highest BCUT2D eigenvalue weighted by atomic mass is 16.5. The van der Waals surface area contributed by atoms with Gasteiger partial charge in [-0.2, -0.15) is 4.98 Å². The van der Waals surface area contributed by atoms with Crippen molar-refractivity contribution in [1.29, 1.82) is 0 Å². The molecule has 0 amide bonds. The Balaban J connectivity index is 0.00000253. The number of nitrogens with one attached hydrogen (secondary N) is 1. The number of benzene rings is 1. The molecule has 0 atom stereocenters. The minimum Gasteiger partial charge on any atom is -0.378 e. The number of hydrogen-bond donors (Lipinski definition) is 1. The molecular formula is C24H32N8O2. The van der Waals surface area contributed by atoms with Gasteiger partial charge in [0, 0.05) is 52.2 Å². The standard InChI is InChI=1S/C24H30N8O2.H2/c1-33-12-20-11-23(26-15-25-20)32-16-27-24(29-32)28-19-8-18(17-2-3-17)9-21(10-19)30-4-6-31(7-5-30)22-13-34-14-22;/h8-11,15-17,22H,2-7,12-14H2,1H3,(H,28,29);1H. The molecule has 0 bridgehead atoms. The summed E-state index contributed by atoms with van der Waals surface area (Å²) < 4.78 is 12.2. The highest BCUT2D eigenvalue weighted by Gasteiger charge is 2.30. The predicted molar refractivity (Wildman–Crippen MR) is 130 cm³/mol. The van der Waals surface area contributed by atoms with Gasteiger partial charge in [-0.1, -0.05) is 0 Å². The lowest BCUT2D eigenvalue weighted by molar-refractivity contribution is -0.0660. The molecule has 2 saturated heterocycles. The van der Waals surface area contributed by atoms with Crippen LogP contribution >= 0.6 is 0 Å². The van der Waals surface area contributed by atoms with Gasteiger partial charge in [0.25, 0.3) is 0 Å². The first-order valence-corrected chi connectivity index (χ1v) is 12.0. The van der Waals surface area contributed by atoms with E-state index < -0.39 is 0 Å². The average Bonchev–Trinajstić information content (AvgIpc) is 3.58. The fourth-order valence-electron chi connectivity index (χ4n) is 4.62. The number of aromatic nitrogens is 5. The summed E-state index contributed by atoms with van der Waals surface area (Å²) >= 11 is 0. The topological polar surface area (TPSA) is 93.5 Å². The Labute approximate surface area is 200 Å². The SMILES string of the molecule is COCc1cc(-n2cnc(Nc3cc(C4CC4)cc(N4CCN(C5COC5)CC4)c3)n2)ncn1.[HH]. The van der Waals surface area contributed by atoms with Crippen LogP contribution in [0.4, 0.5) is 17.3 Å². The molecule has 180 valence electrons. The lowest BCUT2D eigenvalue weighted by atomic mass is 10.1. The van der Waals surface area contributed by atoms with Gasteiger partial charge in [0.2, 0.25) is 5.95 Å².